The molecule has 2 aromatic carbocycles. The lowest BCUT2D eigenvalue weighted by Gasteiger charge is -2.49. The predicted molar refractivity (Wildman–Crippen MR) is 196 cm³/mol. The van der Waals surface area contributed by atoms with Gasteiger partial charge in [0.25, 0.3) is 11.8 Å². The van der Waals surface area contributed by atoms with E-state index in [-0.39, 0.29) is 41.8 Å². The summed E-state index contributed by atoms with van der Waals surface area (Å²) >= 11 is 3.52. The van der Waals surface area contributed by atoms with E-state index in [1.54, 1.807) is 29.9 Å². The first-order valence-corrected chi connectivity index (χ1v) is 18.5. The average molecular weight is 758 g/mol. The lowest BCUT2D eigenvalue weighted by molar-refractivity contribution is -0.150. The molecule has 52 heavy (non-hydrogen) atoms. The molecule has 2 aliphatic rings. The molecule has 2 amide bonds. The van der Waals surface area contributed by atoms with E-state index >= 15 is 0 Å². The van der Waals surface area contributed by atoms with Gasteiger partial charge < -0.3 is 25.7 Å². The molecule has 2 aromatic heterocycles. The molecular formula is C35H31N7O7S3. The molecule has 0 radical (unpaired) electrons. The number of carbonyl (C=O) groups excluding carboxylic acids is 3. The van der Waals surface area contributed by atoms with Gasteiger partial charge in [0.05, 0.1) is 0 Å². The van der Waals surface area contributed by atoms with Crippen LogP contribution in [-0.2, 0) is 28.8 Å². The lowest BCUT2D eigenvalue weighted by Crippen LogP contribution is -2.71. The minimum atomic E-state index is -1.26. The fourth-order valence-corrected chi connectivity index (χ4v) is 7.69. The van der Waals surface area contributed by atoms with E-state index in [4.69, 9.17) is 15.3 Å². The topological polar surface area (TPSA) is 199 Å². The van der Waals surface area contributed by atoms with Crippen LogP contribution in [0, 0.1) is 0 Å². The summed E-state index contributed by atoms with van der Waals surface area (Å²) in [6.07, 6.45) is 4.65. The van der Waals surface area contributed by atoms with Crippen LogP contribution >= 0.6 is 35.1 Å². The number of hydrogen-bond acceptors (Lipinski definition) is 14. The van der Waals surface area contributed by atoms with Crippen LogP contribution in [0.1, 0.15) is 35.9 Å². The number of esters is 1. The third-order valence-electron chi connectivity index (χ3n) is 7.69. The fraction of sp³-hybridized carbons (Fsp3) is 0.200. The van der Waals surface area contributed by atoms with Gasteiger partial charge in [-0.15, -0.1) is 11.8 Å². The number of nitrogens with two attached hydrogens (primary N) is 1. The maximum absolute atomic E-state index is 13.5. The number of β-lactam (4-membered cyclic amide) rings is 1. The number of carboxylic acid groups (broad SMARTS) is 1. The monoisotopic (exact) mass is 757 g/mol. The van der Waals surface area contributed by atoms with E-state index in [0.717, 1.165) is 27.6 Å². The van der Waals surface area contributed by atoms with Gasteiger partial charge in [-0.25, -0.2) is 4.79 Å². The lowest BCUT2D eigenvalue weighted by atomic mass is 10.0. The molecule has 17 heteroatoms. The largest absolute Gasteiger partial charge is 0.477 e. The van der Waals surface area contributed by atoms with Crippen LogP contribution < -0.4 is 11.1 Å². The highest BCUT2D eigenvalue weighted by Crippen LogP contribution is 2.41. The Labute approximate surface area is 310 Å². The van der Waals surface area contributed by atoms with E-state index in [9.17, 15) is 24.3 Å². The smallest absolute Gasteiger partial charge is 0.352 e. The van der Waals surface area contributed by atoms with Gasteiger partial charge in [-0.05, 0) is 46.7 Å². The highest BCUT2D eigenvalue weighted by Gasteiger charge is 2.54. The fourth-order valence-electron chi connectivity index (χ4n) is 5.27. The van der Waals surface area contributed by atoms with Crippen molar-refractivity contribution in [2.45, 2.75) is 35.3 Å². The van der Waals surface area contributed by atoms with Crippen LogP contribution in [0.5, 0.6) is 0 Å². The molecular weight excluding hydrogens is 727 g/mol. The Morgan fingerprint density at radius 2 is 1.83 bits per heavy atom. The van der Waals surface area contributed by atoms with Crippen molar-refractivity contribution in [3.63, 3.8) is 0 Å². The molecule has 1 unspecified atom stereocenters. The van der Waals surface area contributed by atoms with E-state index < -0.39 is 41.3 Å². The van der Waals surface area contributed by atoms with Crippen molar-refractivity contribution in [2.75, 3.05) is 18.1 Å². The number of aromatic nitrogens is 3. The van der Waals surface area contributed by atoms with Gasteiger partial charge in [0.15, 0.2) is 11.2 Å². The van der Waals surface area contributed by atoms with Gasteiger partial charge in [-0.2, -0.15) is 9.36 Å². The Morgan fingerprint density at radius 1 is 1.10 bits per heavy atom. The number of allylic oxidation sites excluding steroid dienone is 1. The molecule has 14 nitrogen and oxygen atoms in total. The van der Waals surface area contributed by atoms with Crippen molar-refractivity contribution in [3.8, 4) is 0 Å². The summed E-state index contributed by atoms with van der Waals surface area (Å²) in [6, 6.07) is 21.4. The number of nitrogens with one attached hydrogen (secondary N) is 1. The molecule has 266 valence electrons. The third kappa shape index (κ3) is 8.67. The van der Waals surface area contributed by atoms with Crippen LogP contribution in [-0.4, -0.2) is 77.6 Å². The Hall–Kier alpha value is -5.52. The third-order valence-corrected chi connectivity index (χ3v) is 10.3. The molecule has 4 heterocycles. The summed E-state index contributed by atoms with van der Waals surface area (Å²) in [5.74, 6) is -2.94. The van der Waals surface area contributed by atoms with Crippen molar-refractivity contribution in [1.82, 2.24) is 24.6 Å². The zero-order valence-electron chi connectivity index (χ0n) is 27.2. The number of nitrogen functional groups attached to an aromatic ring is 1. The van der Waals surface area contributed by atoms with Crippen molar-refractivity contribution in [1.29, 1.82) is 0 Å². The Kier molecular flexibility index (Phi) is 11.9. The highest BCUT2D eigenvalue weighted by atomic mass is 32.2. The van der Waals surface area contributed by atoms with E-state index in [1.807, 2.05) is 66.7 Å². The number of carboxylic acids is 1. The van der Waals surface area contributed by atoms with Crippen molar-refractivity contribution in [3.05, 3.63) is 125 Å². The quantitative estimate of drug-likeness (QED) is 0.0386. The van der Waals surface area contributed by atoms with E-state index in [2.05, 4.69) is 24.8 Å². The summed E-state index contributed by atoms with van der Waals surface area (Å²) in [5, 5.41) is 17.7. The number of fused-ring (bicyclic) bond motifs is 1. The second-order valence-corrected chi connectivity index (χ2v) is 14.0. The minimum Gasteiger partial charge on any atom is -0.477 e. The number of carbonyl (C=O) groups is 4. The molecule has 2 atom stereocenters. The number of ether oxygens (including phenoxy) is 1. The standard InChI is InChI=1S/C35H31N7O7S3/c36-35-39-30(41-52-35)26(40-48-17-8-14-25(43)49-29(21-9-3-1-4-10-21)22-11-5-2-6-12-22)31(44)38-27-32(45)42-28(34(46)47)23(20-51-33(27)42)15-18-50-24-13-7-16-37-19-24/h1-7,9-13,15-16,18-19,27,29,33H,8,14,17,20H2,(H,38,44)(H,46,47)(H2,36,39,41)/t27?,33-/m0/s1. The number of anilines is 1. The first-order chi connectivity index (χ1) is 25.3. The second kappa shape index (κ2) is 17.1. The molecule has 0 aliphatic carbocycles. The van der Waals surface area contributed by atoms with Crippen LogP contribution in [0.4, 0.5) is 5.13 Å². The number of hydrogen-bond donors (Lipinski definition) is 3. The Bertz CT molecular complexity index is 1970. The first-order valence-electron chi connectivity index (χ1n) is 15.8. The maximum Gasteiger partial charge on any atom is 0.352 e. The summed E-state index contributed by atoms with van der Waals surface area (Å²) in [7, 11) is 0. The first kappa shape index (κ1) is 36.3. The Balaban J connectivity index is 1.06. The van der Waals surface area contributed by atoms with E-state index in [1.165, 1.54) is 28.4 Å². The summed E-state index contributed by atoms with van der Waals surface area (Å²) in [6.45, 7) is -0.0520. The molecule has 2 aliphatic heterocycles. The number of pyridine rings is 1. The normalized spacial score (nSPS) is 17.1. The molecule has 0 bridgehead atoms. The van der Waals surface area contributed by atoms with Crippen LogP contribution in [0.3, 0.4) is 0 Å². The molecule has 1 saturated heterocycles. The molecule has 0 spiro atoms. The zero-order chi connectivity index (χ0) is 36.5. The molecule has 4 N–H and O–H groups in total. The minimum absolute atomic E-state index is 0.0131. The van der Waals surface area contributed by atoms with Gasteiger partial charge >= 0.3 is 11.9 Å². The van der Waals surface area contributed by atoms with Crippen LogP contribution in [0.2, 0.25) is 0 Å². The number of aliphatic carboxylic acids is 1. The van der Waals surface area contributed by atoms with Gasteiger partial charge in [-0.3, -0.25) is 24.3 Å². The van der Waals surface area contributed by atoms with Gasteiger partial charge in [0.2, 0.25) is 11.5 Å². The summed E-state index contributed by atoms with van der Waals surface area (Å²) < 4.78 is 9.89. The van der Waals surface area contributed by atoms with Crippen molar-refractivity contribution in [2.24, 2.45) is 5.16 Å². The average Bonchev–Trinajstić information content (AvgIpc) is 3.60. The molecule has 1 fully saturated rings. The summed E-state index contributed by atoms with van der Waals surface area (Å²) in [4.78, 5) is 67.4. The number of amides is 2. The van der Waals surface area contributed by atoms with Gasteiger partial charge in [0, 0.05) is 41.0 Å². The Morgan fingerprint density at radius 3 is 2.46 bits per heavy atom. The predicted octanol–water partition coefficient (Wildman–Crippen LogP) is 4.39. The van der Waals surface area contributed by atoms with Gasteiger partial charge in [0.1, 0.15) is 23.7 Å². The van der Waals surface area contributed by atoms with E-state index in [0.29, 0.717) is 11.3 Å². The second-order valence-electron chi connectivity index (χ2n) is 11.2. The zero-order valence-corrected chi connectivity index (χ0v) is 29.7. The number of nitrogens with zero attached hydrogens (tertiary/aromatic N) is 5. The van der Waals surface area contributed by atoms with Crippen LogP contribution in [0.25, 0.3) is 0 Å². The van der Waals surface area contributed by atoms with Gasteiger partial charge in [-0.1, -0.05) is 77.6 Å². The maximum atomic E-state index is 13.5. The number of oxime groups is 1. The SMILES string of the molecule is Nc1nc(C(=NOCCCC(=O)OC(c2ccccc2)c2ccccc2)C(=O)NC2C(=O)N3C(C(=O)O)=C(C=CSc4cccnc4)CS[C@@H]23)ns1. The molecule has 4 aromatic rings. The van der Waals surface area contributed by atoms with Crippen LogP contribution in [0.15, 0.2) is 118 Å². The molecule has 6 rings (SSSR count). The number of benzene rings is 2. The van der Waals surface area contributed by atoms with Crippen molar-refractivity contribution >= 4 is 69.7 Å². The number of thioether (sulfide) groups is 2. The molecule has 0 saturated carbocycles. The van der Waals surface area contributed by atoms with Crippen molar-refractivity contribution < 1.29 is 33.9 Å². The number of rotatable bonds is 15. The highest BCUT2D eigenvalue weighted by molar-refractivity contribution is 8.02. The summed E-state index contributed by atoms with van der Waals surface area (Å²) in [5.41, 5.74) is 7.39.